The Balaban J connectivity index is 2.91. The van der Waals surface area contributed by atoms with Crippen LogP contribution in [0.1, 0.15) is 33.3 Å². The summed E-state index contributed by atoms with van der Waals surface area (Å²) in [6, 6.07) is 3.67. The normalized spacial score (nSPS) is 13.5. The van der Waals surface area contributed by atoms with E-state index in [1.54, 1.807) is 13.0 Å². The van der Waals surface area contributed by atoms with Crippen LogP contribution in [0.4, 0.5) is 0 Å². The van der Waals surface area contributed by atoms with E-state index in [-0.39, 0.29) is 10.8 Å². The van der Waals surface area contributed by atoms with Crippen LogP contribution in [0.2, 0.25) is 0 Å². The van der Waals surface area contributed by atoms with Crippen molar-refractivity contribution in [1.29, 1.82) is 0 Å². The summed E-state index contributed by atoms with van der Waals surface area (Å²) in [6.07, 6.45) is 0. The largest absolute Gasteiger partial charge is 0.496 e. The lowest BCUT2D eigenvalue weighted by Gasteiger charge is -2.23. The van der Waals surface area contributed by atoms with Gasteiger partial charge in [-0.1, -0.05) is 0 Å². The quantitative estimate of drug-likeness (QED) is 0.859. The number of methoxy groups -OCH3 is 1. The lowest BCUT2D eigenvalue weighted by molar-refractivity contribution is -0.123. The van der Waals surface area contributed by atoms with Crippen LogP contribution >= 0.6 is 0 Å². The minimum absolute atomic E-state index is 0.0983. The molecule has 0 aromatic heterocycles. The fraction of sp³-hybridized carbons (Fsp3) is 0.533. The van der Waals surface area contributed by atoms with Gasteiger partial charge in [0.1, 0.15) is 5.75 Å². The van der Waals surface area contributed by atoms with E-state index in [0.29, 0.717) is 11.3 Å². The maximum atomic E-state index is 12.3. The van der Waals surface area contributed by atoms with Gasteiger partial charge < -0.3 is 10.1 Å². The van der Waals surface area contributed by atoms with E-state index >= 15 is 0 Å². The first-order valence-corrected chi connectivity index (χ1v) is 8.43. The molecule has 0 aliphatic rings. The van der Waals surface area contributed by atoms with Gasteiger partial charge in [0.05, 0.1) is 18.0 Å². The molecule has 0 fully saturated rings. The van der Waals surface area contributed by atoms with Gasteiger partial charge in [0.15, 0.2) is 0 Å². The molecule has 7 heteroatoms. The molecule has 0 heterocycles. The fourth-order valence-electron chi connectivity index (χ4n) is 1.85. The first-order chi connectivity index (χ1) is 9.96. The van der Waals surface area contributed by atoms with Gasteiger partial charge in [-0.2, -0.15) is 4.72 Å². The van der Waals surface area contributed by atoms with Crippen LogP contribution in [0.15, 0.2) is 23.1 Å². The summed E-state index contributed by atoms with van der Waals surface area (Å²) < 4.78 is 32.2. The molecule has 22 heavy (non-hydrogen) atoms. The highest BCUT2D eigenvalue weighted by molar-refractivity contribution is 7.89. The minimum atomic E-state index is -3.77. The molecule has 0 bridgehead atoms. The minimum Gasteiger partial charge on any atom is -0.496 e. The van der Waals surface area contributed by atoms with Gasteiger partial charge in [0, 0.05) is 5.54 Å². The van der Waals surface area contributed by atoms with Crippen LogP contribution in [-0.2, 0) is 14.8 Å². The van der Waals surface area contributed by atoms with Gasteiger partial charge in [-0.25, -0.2) is 8.42 Å². The van der Waals surface area contributed by atoms with Crippen molar-refractivity contribution in [2.75, 3.05) is 7.11 Å². The van der Waals surface area contributed by atoms with Gasteiger partial charge in [0.25, 0.3) is 0 Å². The zero-order valence-corrected chi connectivity index (χ0v) is 14.7. The summed E-state index contributed by atoms with van der Waals surface area (Å²) in [5.74, 6) is 0.235. The van der Waals surface area contributed by atoms with Gasteiger partial charge in [-0.05, 0) is 58.4 Å². The Hall–Kier alpha value is -1.60. The lowest BCUT2D eigenvalue weighted by Crippen LogP contribution is -2.50. The highest BCUT2D eigenvalue weighted by Crippen LogP contribution is 2.21. The Bertz CT molecular complexity index is 648. The third kappa shape index (κ3) is 4.99. The van der Waals surface area contributed by atoms with E-state index in [1.165, 1.54) is 26.2 Å². The Morgan fingerprint density at radius 1 is 1.27 bits per heavy atom. The average Bonchev–Trinajstić information content (AvgIpc) is 2.36. The van der Waals surface area contributed by atoms with E-state index < -0.39 is 21.6 Å². The van der Waals surface area contributed by atoms with Crippen LogP contribution in [0.25, 0.3) is 0 Å². The predicted molar refractivity (Wildman–Crippen MR) is 85.4 cm³/mol. The summed E-state index contributed by atoms with van der Waals surface area (Å²) in [7, 11) is -2.25. The predicted octanol–water partition coefficient (Wildman–Crippen LogP) is 1.59. The third-order valence-electron chi connectivity index (χ3n) is 2.90. The summed E-state index contributed by atoms with van der Waals surface area (Å²) in [5.41, 5.74) is 0.283. The van der Waals surface area contributed by atoms with E-state index in [2.05, 4.69) is 10.0 Å². The second-order valence-corrected chi connectivity index (χ2v) is 7.93. The highest BCUT2D eigenvalue weighted by Gasteiger charge is 2.25. The zero-order valence-electron chi connectivity index (χ0n) is 13.9. The number of rotatable bonds is 5. The smallest absolute Gasteiger partial charge is 0.241 e. The van der Waals surface area contributed by atoms with Crippen molar-refractivity contribution in [3.63, 3.8) is 0 Å². The summed E-state index contributed by atoms with van der Waals surface area (Å²) in [4.78, 5) is 12.1. The molecule has 0 saturated carbocycles. The molecule has 1 rings (SSSR count). The molecule has 0 spiro atoms. The van der Waals surface area contributed by atoms with Crippen molar-refractivity contribution in [3.05, 3.63) is 23.8 Å². The molecule has 6 nitrogen and oxygen atoms in total. The summed E-state index contributed by atoms with van der Waals surface area (Å²) in [6.45, 7) is 8.76. The molecule has 0 aliphatic heterocycles. The van der Waals surface area contributed by atoms with E-state index in [0.717, 1.165) is 0 Å². The maximum absolute atomic E-state index is 12.3. The standard InChI is InChI=1S/C15H24N2O4S/c1-10-9-12(7-8-13(10)21-6)22(19,20)17-11(2)14(18)16-15(3,4)5/h7-9,11,17H,1-6H3,(H,16,18)/t11-/m1/s1. The molecule has 0 saturated heterocycles. The monoisotopic (exact) mass is 328 g/mol. The van der Waals surface area contributed by atoms with Crippen molar-refractivity contribution >= 4 is 15.9 Å². The van der Waals surface area contributed by atoms with Crippen molar-refractivity contribution in [2.45, 2.75) is 51.1 Å². The number of sulfonamides is 1. The number of carbonyl (C=O) groups is 1. The Kier molecular flexibility index (Phi) is 5.59. The topological polar surface area (TPSA) is 84.5 Å². The molecule has 2 N–H and O–H groups in total. The molecular formula is C15H24N2O4S. The molecule has 1 aromatic carbocycles. The zero-order chi connectivity index (χ0) is 17.1. The SMILES string of the molecule is COc1ccc(S(=O)(=O)N[C@H](C)C(=O)NC(C)(C)C)cc1C. The number of benzene rings is 1. The summed E-state index contributed by atoms with van der Waals surface area (Å²) >= 11 is 0. The van der Waals surface area contributed by atoms with Gasteiger partial charge in [0.2, 0.25) is 15.9 Å². The van der Waals surface area contributed by atoms with Gasteiger partial charge in [-0.15, -0.1) is 0 Å². The van der Waals surface area contributed by atoms with Crippen LogP contribution in [-0.4, -0.2) is 33.0 Å². The van der Waals surface area contributed by atoms with Crippen molar-refractivity contribution in [1.82, 2.24) is 10.0 Å². The maximum Gasteiger partial charge on any atom is 0.241 e. The Labute approximate surface area is 132 Å². The highest BCUT2D eigenvalue weighted by atomic mass is 32.2. The van der Waals surface area contributed by atoms with Crippen molar-refractivity contribution in [2.24, 2.45) is 0 Å². The van der Waals surface area contributed by atoms with Crippen LogP contribution < -0.4 is 14.8 Å². The van der Waals surface area contributed by atoms with Crippen LogP contribution in [0, 0.1) is 6.92 Å². The summed E-state index contributed by atoms with van der Waals surface area (Å²) in [5, 5.41) is 2.74. The second-order valence-electron chi connectivity index (χ2n) is 6.21. The molecule has 0 unspecified atom stereocenters. The van der Waals surface area contributed by atoms with Crippen LogP contribution in [0.3, 0.4) is 0 Å². The number of aryl methyl sites for hydroxylation is 1. The van der Waals surface area contributed by atoms with E-state index in [4.69, 9.17) is 4.74 Å². The number of nitrogens with one attached hydrogen (secondary N) is 2. The number of ether oxygens (including phenoxy) is 1. The van der Waals surface area contributed by atoms with Gasteiger partial charge >= 0.3 is 0 Å². The van der Waals surface area contributed by atoms with E-state index in [9.17, 15) is 13.2 Å². The van der Waals surface area contributed by atoms with Crippen molar-refractivity contribution in [3.8, 4) is 5.75 Å². The number of amides is 1. The second kappa shape index (κ2) is 6.66. The average molecular weight is 328 g/mol. The van der Waals surface area contributed by atoms with Crippen molar-refractivity contribution < 1.29 is 17.9 Å². The molecule has 1 atom stereocenters. The molecule has 0 aliphatic carbocycles. The molecule has 1 amide bonds. The fourth-order valence-corrected chi connectivity index (χ4v) is 3.14. The Morgan fingerprint density at radius 3 is 2.32 bits per heavy atom. The molecule has 0 radical (unpaired) electrons. The molecule has 1 aromatic rings. The number of carbonyl (C=O) groups excluding carboxylic acids is 1. The van der Waals surface area contributed by atoms with E-state index in [1.807, 2.05) is 20.8 Å². The first kappa shape index (κ1) is 18.4. The van der Waals surface area contributed by atoms with Gasteiger partial charge in [-0.3, -0.25) is 4.79 Å². The molecule has 124 valence electrons. The third-order valence-corrected chi connectivity index (χ3v) is 4.44. The molecular weight excluding hydrogens is 304 g/mol. The lowest BCUT2D eigenvalue weighted by atomic mass is 10.1. The number of hydrogen-bond donors (Lipinski definition) is 2. The first-order valence-electron chi connectivity index (χ1n) is 6.95. The number of hydrogen-bond acceptors (Lipinski definition) is 4. The Morgan fingerprint density at radius 2 is 1.86 bits per heavy atom. The van der Waals surface area contributed by atoms with Crippen LogP contribution in [0.5, 0.6) is 5.75 Å².